The Kier molecular flexibility index (Phi) is 3.67. The average Bonchev–Trinajstić information content (AvgIpc) is 2.75. The Bertz CT molecular complexity index is 337. The molecule has 1 aliphatic carbocycles. The average molecular weight is 219 g/mol. The van der Waals surface area contributed by atoms with Crippen LogP contribution in [0.5, 0.6) is 0 Å². The van der Waals surface area contributed by atoms with E-state index in [2.05, 4.69) is 51.7 Å². The van der Waals surface area contributed by atoms with Gasteiger partial charge in [-0.15, -0.1) is 0 Å². The van der Waals surface area contributed by atoms with Crippen LogP contribution in [0.4, 0.5) is 0 Å². The van der Waals surface area contributed by atoms with Gasteiger partial charge in [0.2, 0.25) is 0 Å². The molecule has 0 aromatic carbocycles. The lowest BCUT2D eigenvalue weighted by Gasteiger charge is -2.22. The van der Waals surface area contributed by atoms with Gasteiger partial charge in [0.15, 0.2) is 0 Å². The molecule has 2 unspecified atom stereocenters. The molecule has 0 radical (unpaired) electrons. The second-order valence-corrected chi connectivity index (χ2v) is 4.92. The van der Waals surface area contributed by atoms with Crippen molar-refractivity contribution in [2.45, 2.75) is 53.0 Å². The summed E-state index contributed by atoms with van der Waals surface area (Å²) in [6.45, 7) is 15.2. The molecule has 0 bridgehead atoms. The maximum atomic E-state index is 4.24. The first kappa shape index (κ1) is 13.1. The Labute approximate surface area is 100 Å². The van der Waals surface area contributed by atoms with Gasteiger partial charge in [0.1, 0.15) is 0 Å². The largest absolute Gasteiger partial charge is 0.378 e. The van der Waals surface area contributed by atoms with Gasteiger partial charge in [0.05, 0.1) is 5.54 Å². The van der Waals surface area contributed by atoms with Crippen molar-refractivity contribution in [3.63, 3.8) is 0 Å². The van der Waals surface area contributed by atoms with Crippen molar-refractivity contribution in [3.05, 3.63) is 36.1 Å². The number of hydrogen-bond acceptors (Lipinski definition) is 1. The van der Waals surface area contributed by atoms with Gasteiger partial charge in [-0.2, -0.15) is 0 Å². The Morgan fingerprint density at radius 3 is 2.38 bits per heavy atom. The summed E-state index contributed by atoms with van der Waals surface area (Å²) in [6, 6.07) is 0. The third-order valence-corrected chi connectivity index (χ3v) is 4.25. The van der Waals surface area contributed by atoms with Gasteiger partial charge in [-0.1, -0.05) is 39.5 Å². The highest BCUT2D eigenvalue weighted by molar-refractivity contribution is 5.50. The van der Waals surface area contributed by atoms with Crippen LogP contribution in [0, 0.1) is 5.41 Å². The Balaban J connectivity index is 2.83. The van der Waals surface area contributed by atoms with E-state index < -0.39 is 0 Å². The van der Waals surface area contributed by atoms with E-state index in [9.17, 15) is 0 Å². The zero-order chi connectivity index (χ0) is 12.4. The van der Waals surface area contributed by atoms with Crippen LogP contribution >= 0.6 is 0 Å². The monoisotopic (exact) mass is 219 g/mol. The number of allylic oxidation sites excluding steroid dienone is 4. The van der Waals surface area contributed by atoms with Gasteiger partial charge >= 0.3 is 0 Å². The summed E-state index contributed by atoms with van der Waals surface area (Å²) < 4.78 is 0. The van der Waals surface area contributed by atoms with E-state index in [1.54, 1.807) is 0 Å². The van der Waals surface area contributed by atoms with Crippen molar-refractivity contribution >= 4 is 0 Å². The molecule has 0 amide bonds. The van der Waals surface area contributed by atoms with E-state index in [-0.39, 0.29) is 11.0 Å². The molecule has 90 valence electrons. The quantitative estimate of drug-likeness (QED) is 0.540. The van der Waals surface area contributed by atoms with Crippen LogP contribution in [0.25, 0.3) is 0 Å². The zero-order valence-corrected chi connectivity index (χ0v) is 11.4. The first-order chi connectivity index (χ1) is 7.48. The minimum absolute atomic E-state index is 0.129. The van der Waals surface area contributed by atoms with E-state index >= 15 is 0 Å². The smallest absolute Gasteiger partial charge is 0.0674 e. The van der Waals surface area contributed by atoms with Gasteiger partial charge in [-0.3, -0.25) is 0 Å². The normalized spacial score (nSPS) is 34.6. The summed E-state index contributed by atoms with van der Waals surface area (Å²) in [4.78, 5) is 0. The molecule has 0 spiro atoms. The molecule has 1 aliphatic rings. The molecule has 1 nitrogen and oxygen atoms in total. The highest BCUT2D eigenvalue weighted by Crippen LogP contribution is 2.64. The summed E-state index contributed by atoms with van der Waals surface area (Å²) in [5.74, 6) is 0. The van der Waals surface area contributed by atoms with Crippen molar-refractivity contribution in [1.82, 2.24) is 5.32 Å². The lowest BCUT2D eigenvalue weighted by Crippen LogP contribution is -2.34. The zero-order valence-electron chi connectivity index (χ0n) is 11.4. The predicted molar refractivity (Wildman–Crippen MR) is 72.3 cm³/mol. The maximum absolute atomic E-state index is 4.24. The fraction of sp³-hybridized carbons (Fsp3) is 0.600. The standard InChI is InChI=1S/C15H25N/c1-7-10-11-12(4)16-15(9-3)13(5)14(15,6)8-2/h7,10-11,16H,5,8-9H2,1-4,6H3/b10-7-,12-11+. The molecule has 1 fully saturated rings. The first-order valence-electron chi connectivity index (χ1n) is 6.26. The molecule has 0 heterocycles. The molecule has 0 aromatic rings. The molecule has 1 saturated carbocycles. The van der Waals surface area contributed by atoms with Crippen LogP contribution in [0.2, 0.25) is 0 Å². The minimum Gasteiger partial charge on any atom is -0.378 e. The molecule has 0 aromatic heterocycles. The summed E-state index contributed by atoms with van der Waals surface area (Å²) in [5, 5.41) is 3.65. The molecule has 0 aliphatic heterocycles. The summed E-state index contributed by atoms with van der Waals surface area (Å²) in [5.41, 5.74) is 2.98. The Hall–Kier alpha value is -0.980. The van der Waals surface area contributed by atoms with Gasteiger partial charge in [0.25, 0.3) is 0 Å². The minimum atomic E-state index is 0.129. The number of rotatable bonds is 5. The van der Waals surface area contributed by atoms with E-state index in [0.717, 1.165) is 12.8 Å². The molecule has 0 saturated heterocycles. The fourth-order valence-corrected chi connectivity index (χ4v) is 2.78. The van der Waals surface area contributed by atoms with Gasteiger partial charge in [-0.25, -0.2) is 0 Å². The highest BCUT2D eigenvalue weighted by Gasteiger charge is 2.66. The van der Waals surface area contributed by atoms with Crippen LogP contribution in [-0.2, 0) is 0 Å². The molecule has 16 heavy (non-hydrogen) atoms. The van der Waals surface area contributed by atoms with Crippen molar-refractivity contribution in [2.75, 3.05) is 0 Å². The fourth-order valence-electron chi connectivity index (χ4n) is 2.78. The van der Waals surface area contributed by atoms with Crippen molar-refractivity contribution in [1.29, 1.82) is 0 Å². The topological polar surface area (TPSA) is 12.0 Å². The molecule has 1 rings (SSSR count). The lowest BCUT2D eigenvalue weighted by atomic mass is 9.96. The van der Waals surface area contributed by atoms with E-state index in [4.69, 9.17) is 0 Å². The van der Waals surface area contributed by atoms with Crippen LogP contribution in [-0.4, -0.2) is 5.54 Å². The van der Waals surface area contributed by atoms with Gasteiger partial charge in [0, 0.05) is 11.1 Å². The van der Waals surface area contributed by atoms with E-state index in [1.807, 2.05) is 13.0 Å². The van der Waals surface area contributed by atoms with E-state index in [0.29, 0.717) is 0 Å². The molecule has 2 atom stereocenters. The maximum Gasteiger partial charge on any atom is 0.0674 e. The van der Waals surface area contributed by atoms with E-state index in [1.165, 1.54) is 11.3 Å². The number of nitrogens with one attached hydrogen (secondary N) is 1. The summed E-state index contributed by atoms with van der Waals surface area (Å²) in [6.07, 6.45) is 8.50. The first-order valence-corrected chi connectivity index (χ1v) is 6.26. The third-order valence-electron chi connectivity index (χ3n) is 4.25. The Morgan fingerprint density at radius 1 is 1.38 bits per heavy atom. The predicted octanol–water partition coefficient (Wildman–Crippen LogP) is 4.19. The number of hydrogen-bond donors (Lipinski definition) is 1. The van der Waals surface area contributed by atoms with Gasteiger partial charge in [-0.05, 0) is 38.3 Å². The second kappa shape index (κ2) is 4.48. The van der Waals surface area contributed by atoms with Crippen LogP contribution < -0.4 is 5.32 Å². The molecular weight excluding hydrogens is 194 g/mol. The Morgan fingerprint density at radius 2 is 2.00 bits per heavy atom. The van der Waals surface area contributed by atoms with Crippen LogP contribution in [0.3, 0.4) is 0 Å². The highest BCUT2D eigenvalue weighted by atomic mass is 15.1. The lowest BCUT2D eigenvalue weighted by molar-refractivity contribution is 0.382. The van der Waals surface area contributed by atoms with Crippen LogP contribution in [0.15, 0.2) is 36.1 Å². The second-order valence-electron chi connectivity index (χ2n) is 4.92. The van der Waals surface area contributed by atoms with Gasteiger partial charge < -0.3 is 5.32 Å². The van der Waals surface area contributed by atoms with Crippen molar-refractivity contribution < 1.29 is 0 Å². The summed E-state index contributed by atoms with van der Waals surface area (Å²) in [7, 11) is 0. The SMILES string of the molecule is C=C1C(C)(CC)C1(CC)N/C(C)=C/C=C\C. The van der Waals surface area contributed by atoms with Crippen molar-refractivity contribution in [2.24, 2.45) is 5.41 Å². The summed E-state index contributed by atoms with van der Waals surface area (Å²) >= 11 is 0. The molecular formula is C15H25N. The molecule has 1 heteroatoms. The van der Waals surface area contributed by atoms with Crippen LogP contribution in [0.1, 0.15) is 47.5 Å². The van der Waals surface area contributed by atoms with Crippen molar-refractivity contribution in [3.8, 4) is 0 Å². The third kappa shape index (κ3) is 1.73. The molecule has 1 N–H and O–H groups in total.